The third kappa shape index (κ3) is 8.71. The van der Waals surface area contributed by atoms with Crippen molar-refractivity contribution in [3.05, 3.63) is 24.8 Å². The van der Waals surface area contributed by atoms with Gasteiger partial charge in [0.05, 0.1) is 11.7 Å². The Labute approximate surface area is 165 Å². The van der Waals surface area contributed by atoms with E-state index in [9.17, 15) is 15.0 Å². The fraction of sp³-hybridized carbons (Fsp3) is 0.783. The van der Waals surface area contributed by atoms with Crippen molar-refractivity contribution in [3.8, 4) is 0 Å². The fourth-order valence-electron chi connectivity index (χ4n) is 4.00. The molecule has 1 aliphatic carbocycles. The minimum absolute atomic E-state index is 0.106. The minimum Gasteiger partial charge on any atom is -0.396 e. The molecular weight excluding hydrogens is 340 g/mol. The van der Waals surface area contributed by atoms with Crippen LogP contribution in [0.1, 0.15) is 84.0 Å². The summed E-state index contributed by atoms with van der Waals surface area (Å²) in [5.41, 5.74) is -0.901. The molecule has 0 saturated heterocycles. The van der Waals surface area contributed by atoms with Gasteiger partial charge in [-0.2, -0.15) is 0 Å². The Morgan fingerprint density at radius 1 is 1.15 bits per heavy atom. The molecule has 1 unspecified atom stereocenters. The third-order valence-electron chi connectivity index (χ3n) is 5.83. The smallest absolute Gasteiger partial charge is 0.139 e. The normalized spacial score (nSPS) is 25.2. The largest absolute Gasteiger partial charge is 0.396 e. The molecule has 1 saturated carbocycles. The summed E-state index contributed by atoms with van der Waals surface area (Å²) in [7, 11) is 0. The maximum Gasteiger partial charge on any atom is 0.139 e. The molecule has 0 heterocycles. The number of hydrogen-bond acceptors (Lipinski definition) is 4. The van der Waals surface area contributed by atoms with Crippen LogP contribution in [-0.2, 0) is 4.79 Å². The maximum absolute atomic E-state index is 12.3. The molecule has 1 rings (SSSR count). The van der Waals surface area contributed by atoms with E-state index < -0.39 is 11.7 Å². The third-order valence-corrected chi connectivity index (χ3v) is 5.83. The zero-order valence-electron chi connectivity index (χ0n) is 17.1. The minimum atomic E-state index is -0.901. The van der Waals surface area contributed by atoms with Crippen LogP contribution in [0.25, 0.3) is 0 Å². The molecule has 3 N–H and O–H groups in total. The molecular formula is C23H40O4. The first kappa shape index (κ1) is 24.1. The molecule has 0 bridgehead atoms. The Bertz CT molecular complexity index is 459. The van der Waals surface area contributed by atoms with Gasteiger partial charge in [-0.3, -0.25) is 4.79 Å². The number of aliphatic hydroxyl groups excluding tert-OH is 2. The highest BCUT2D eigenvalue weighted by molar-refractivity contribution is 5.84. The van der Waals surface area contributed by atoms with Crippen molar-refractivity contribution in [3.63, 3.8) is 0 Å². The van der Waals surface area contributed by atoms with Gasteiger partial charge < -0.3 is 15.3 Å². The van der Waals surface area contributed by atoms with Crippen molar-refractivity contribution in [1.29, 1.82) is 0 Å². The van der Waals surface area contributed by atoms with Crippen LogP contribution in [0.3, 0.4) is 0 Å². The first-order valence-corrected chi connectivity index (χ1v) is 10.8. The topological polar surface area (TPSA) is 77.8 Å². The van der Waals surface area contributed by atoms with Crippen LogP contribution in [0.2, 0.25) is 0 Å². The predicted molar refractivity (Wildman–Crippen MR) is 110 cm³/mol. The van der Waals surface area contributed by atoms with Gasteiger partial charge in [-0.25, -0.2) is 0 Å². The number of ketones is 1. The highest BCUT2D eigenvalue weighted by atomic mass is 16.3. The van der Waals surface area contributed by atoms with Crippen molar-refractivity contribution in [2.75, 3.05) is 6.61 Å². The van der Waals surface area contributed by atoms with Crippen LogP contribution in [0, 0.1) is 11.8 Å². The predicted octanol–water partition coefficient (Wildman–Crippen LogP) is 4.33. The molecule has 0 aromatic carbocycles. The highest BCUT2D eigenvalue weighted by Crippen LogP contribution is 2.35. The lowest BCUT2D eigenvalue weighted by Crippen LogP contribution is -2.25. The Hall–Kier alpha value is -0.970. The average molecular weight is 381 g/mol. The summed E-state index contributed by atoms with van der Waals surface area (Å²) in [4.78, 5) is 12.3. The van der Waals surface area contributed by atoms with Crippen LogP contribution in [-0.4, -0.2) is 39.4 Å². The van der Waals surface area contributed by atoms with Crippen LogP contribution in [0.5, 0.6) is 0 Å². The van der Waals surface area contributed by atoms with E-state index in [0.29, 0.717) is 12.8 Å². The van der Waals surface area contributed by atoms with E-state index in [-0.39, 0.29) is 30.6 Å². The van der Waals surface area contributed by atoms with Gasteiger partial charge in [0.1, 0.15) is 5.78 Å². The maximum atomic E-state index is 12.3. The second kappa shape index (κ2) is 13.2. The number of aliphatic hydroxyl groups is 3. The number of Topliss-reactive ketones (excluding diaryl/α,β-unsaturated/α-hetero) is 1. The van der Waals surface area contributed by atoms with Crippen LogP contribution < -0.4 is 0 Å². The van der Waals surface area contributed by atoms with Crippen molar-refractivity contribution in [2.24, 2.45) is 11.8 Å². The summed E-state index contributed by atoms with van der Waals surface area (Å²) in [6.07, 6.45) is 15.3. The first-order valence-electron chi connectivity index (χ1n) is 10.8. The SMILES string of the molecule is C=CC(O)(CC=C[C@H]1[C@H](O)CC(=O)[C@@H]1CCCCCCCO)CCCCC. The molecule has 0 aliphatic heterocycles. The van der Waals surface area contributed by atoms with Gasteiger partial charge in [0, 0.05) is 24.9 Å². The van der Waals surface area contributed by atoms with Gasteiger partial charge in [0.15, 0.2) is 0 Å². The molecule has 0 aromatic heterocycles. The molecule has 4 atom stereocenters. The first-order chi connectivity index (χ1) is 13.0. The average Bonchev–Trinajstić information content (AvgIpc) is 2.91. The summed E-state index contributed by atoms with van der Waals surface area (Å²) >= 11 is 0. The molecule has 4 heteroatoms. The molecule has 1 aliphatic rings. The molecule has 27 heavy (non-hydrogen) atoms. The fourth-order valence-corrected chi connectivity index (χ4v) is 4.00. The van der Waals surface area contributed by atoms with Crippen molar-refractivity contribution in [1.82, 2.24) is 0 Å². The summed E-state index contributed by atoms with van der Waals surface area (Å²) in [6.45, 7) is 6.15. The molecule has 156 valence electrons. The quantitative estimate of drug-likeness (QED) is 0.292. The number of hydrogen-bond donors (Lipinski definition) is 3. The Kier molecular flexibility index (Phi) is 11.8. The second-order valence-corrected chi connectivity index (χ2v) is 8.10. The molecule has 0 amide bonds. The monoisotopic (exact) mass is 380 g/mol. The Balaban J connectivity index is 2.51. The van der Waals surface area contributed by atoms with E-state index in [1.165, 1.54) is 0 Å². The Morgan fingerprint density at radius 2 is 1.85 bits per heavy atom. The van der Waals surface area contributed by atoms with Crippen LogP contribution in [0.4, 0.5) is 0 Å². The molecule has 0 spiro atoms. The van der Waals surface area contributed by atoms with Crippen LogP contribution in [0.15, 0.2) is 24.8 Å². The van der Waals surface area contributed by atoms with E-state index in [0.717, 1.165) is 57.8 Å². The lowest BCUT2D eigenvalue weighted by Gasteiger charge is -2.23. The van der Waals surface area contributed by atoms with Crippen molar-refractivity contribution < 1.29 is 20.1 Å². The van der Waals surface area contributed by atoms with Gasteiger partial charge in [-0.05, 0) is 25.7 Å². The summed E-state index contributed by atoms with van der Waals surface area (Å²) in [5, 5.41) is 29.7. The zero-order valence-corrected chi connectivity index (χ0v) is 17.1. The van der Waals surface area contributed by atoms with E-state index >= 15 is 0 Å². The number of rotatable bonds is 15. The molecule has 0 aromatic rings. The van der Waals surface area contributed by atoms with E-state index in [4.69, 9.17) is 5.11 Å². The molecule has 1 fully saturated rings. The highest BCUT2D eigenvalue weighted by Gasteiger charge is 2.39. The second-order valence-electron chi connectivity index (χ2n) is 8.10. The summed E-state index contributed by atoms with van der Waals surface area (Å²) in [5.74, 6) is -0.0832. The van der Waals surface area contributed by atoms with Crippen molar-refractivity contribution in [2.45, 2.75) is 95.7 Å². The standard InChI is InChI=1S/C23H40O4/c1-3-5-10-15-23(27,4-2)16-12-14-20-19(21(25)18-22(20)26)13-9-7-6-8-11-17-24/h4,12,14,19-20,22,24,26-27H,2-3,5-11,13,15-18H2,1H3/t19-,20-,22-,23?/m1/s1. The van der Waals surface area contributed by atoms with Gasteiger partial charge in [0.2, 0.25) is 0 Å². The van der Waals surface area contributed by atoms with Crippen molar-refractivity contribution >= 4 is 5.78 Å². The van der Waals surface area contributed by atoms with E-state index in [1.807, 2.05) is 12.2 Å². The Morgan fingerprint density at radius 3 is 2.52 bits per heavy atom. The van der Waals surface area contributed by atoms with E-state index in [2.05, 4.69) is 13.5 Å². The van der Waals surface area contributed by atoms with Crippen LogP contribution >= 0.6 is 0 Å². The lowest BCUT2D eigenvalue weighted by molar-refractivity contribution is -0.121. The van der Waals surface area contributed by atoms with Gasteiger partial charge in [0.25, 0.3) is 0 Å². The number of carbonyl (C=O) groups is 1. The lowest BCUT2D eigenvalue weighted by atomic mass is 9.87. The zero-order chi connectivity index (χ0) is 20.1. The molecule has 0 radical (unpaired) electrons. The number of carbonyl (C=O) groups excluding carboxylic acids is 1. The van der Waals surface area contributed by atoms with Gasteiger partial charge >= 0.3 is 0 Å². The summed E-state index contributed by atoms with van der Waals surface area (Å²) in [6, 6.07) is 0. The number of unbranched alkanes of at least 4 members (excludes halogenated alkanes) is 6. The van der Waals surface area contributed by atoms with Gasteiger partial charge in [-0.15, -0.1) is 6.58 Å². The van der Waals surface area contributed by atoms with E-state index in [1.54, 1.807) is 6.08 Å². The molecule has 4 nitrogen and oxygen atoms in total. The van der Waals surface area contributed by atoms with Gasteiger partial charge in [-0.1, -0.05) is 70.1 Å². The summed E-state index contributed by atoms with van der Waals surface area (Å²) < 4.78 is 0.